The first-order chi connectivity index (χ1) is 17.5. The Kier molecular flexibility index (Phi) is 5.40. The number of aliphatic carboxylic acids is 1. The summed E-state index contributed by atoms with van der Waals surface area (Å²) in [5.74, 6) is -9.00. The van der Waals surface area contributed by atoms with E-state index in [-0.39, 0.29) is 0 Å². The van der Waals surface area contributed by atoms with Gasteiger partial charge < -0.3 is 44.5 Å². The van der Waals surface area contributed by atoms with Crippen molar-refractivity contribution >= 4 is 28.0 Å². The fourth-order valence-corrected chi connectivity index (χ4v) is 8.88. The fourth-order valence-electron chi connectivity index (χ4n) is 8.27. The van der Waals surface area contributed by atoms with Crippen LogP contribution in [0.5, 0.6) is 0 Å². The van der Waals surface area contributed by atoms with Crippen molar-refractivity contribution in [3.8, 4) is 0 Å². The van der Waals surface area contributed by atoms with Gasteiger partial charge in [0, 0.05) is 5.92 Å². The molecule has 0 radical (unpaired) electrons. The number of hydrogen-bond acceptors (Lipinski definition) is 14. The average Bonchev–Trinajstić information content (AvgIpc) is 3.41. The number of alkyl halides is 3. The Morgan fingerprint density at radius 3 is 2.18 bits per heavy atom. The smallest absolute Gasteiger partial charge is 0.523 e. The number of rotatable bonds is 4. The first-order valence-corrected chi connectivity index (χ1v) is 13.0. The molecule has 2 aliphatic carbocycles. The summed E-state index contributed by atoms with van der Waals surface area (Å²) in [4.78, 5) is 38.2. The highest BCUT2D eigenvalue weighted by atomic mass is 32.2. The van der Waals surface area contributed by atoms with Crippen LogP contribution in [0, 0.1) is 28.1 Å². The number of esters is 2. The van der Waals surface area contributed by atoms with E-state index in [9.17, 15) is 61.5 Å². The third kappa shape index (κ3) is 2.60. The number of carbonyl (C=O) groups is 3. The number of aliphatic hydroxyl groups is 4. The molecule has 5 aliphatic rings. The predicted octanol–water partition coefficient (Wildman–Crippen LogP) is -3.34. The van der Waals surface area contributed by atoms with Crippen LogP contribution in [0.15, 0.2) is 0 Å². The summed E-state index contributed by atoms with van der Waals surface area (Å²) < 4.78 is 85.3. The van der Waals surface area contributed by atoms with E-state index in [4.69, 9.17) is 14.2 Å². The van der Waals surface area contributed by atoms with Crippen LogP contribution < -0.4 is 5.11 Å². The minimum absolute atomic E-state index is 1.03. The summed E-state index contributed by atoms with van der Waals surface area (Å²) in [5, 5.41) is 58.3. The predicted molar refractivity (Wildman–Crippen MR) is 108 cm³/mol. The van der Waals surface area contributed by atoms with Crippen molar-refractivity contribution in [1.82, 2.24) is 0 Å². The van der Waals surface area contributed by atoms with E-state index in [1.54, 1.807) is 0 Å². The second-order valence-electron chi connectivity index (χ2n) is 11.7. The summed E-state index contributed by atoms with van der Waals surface area (Å²) in [6, 6.07) is 0. The van der Waals surface area contributed by atoms with Crippen LogP contribution in [-0.2, 0) is 42.9 Å². The Morgan fingerprint density at radius 2 is 1.69 bits per heavy atom. The zero-order valence-corrected chi connectivity index (χ0v) is 21.3. The van der Waals surface area contributed by atoms with Crippen LogP contribution in [0.2, 0.25) is 0 Å². The first-order valence-electron chi connectivity index (χ1n) is 11.6. The van der Waals surface area contributed by atoms with Gasteiger partial charge in [-0.05, 0) is 12.3 Å². The molecule has 5 rings (SSSR count). The van der Waals surface area contributed by atoms with Gasteiger partial charge in [-0.1, -0.05) is 20.8 Å². The van der Waals surface area contributed by atoms with Crippen molar-refractivity contribution in [2.45, 2.75) is 81.2 Å². The van der Waals surface area contributed by atoms with Crippen LogP contribution in [0.4, 0.5) is 13.2 Å². The van der Waals surface area contributed by atoms with E-state index in [0.717, 1.165) is 6.92 Å². The van der Waals surface area contributed by atoms with E-state index >= 15 is 0 Å². The summed E-state index contributed by atoms with van der Waals surface area (Å²) in [6.07, 6.45) is -15.2. The molecule has 4 unspecified atom stereocenters. The Hall–Kier alpha value is -2.09. The topological polar surface area (TPSA) is 226 Å². The van der Waals surface area contributed by atoms with Crippen molar-refractivity contribution in [3.05, 3.63) is 0 Å². The van der Waals surface area contributed by atoms with Gasteiger partial charge in [0.25, 0.3) is 0 Å². The molecule has 39 heavy (non-hydrogen) atoms. The van der Waals surface area contributed by atoms with Crippen molar-refractivity contribution in [1.29, 1.82) is 0 Å². The Morgan fingerprint density at radius 1 is 1.13 bits per heavy atom. The Bertz CT molecular complexity index is 1280. The van der Waals surface area contributed by atoms with Gasteiger partial charge in [0.1, 0.15) is 24.4 Å². The maximum absolute atomic E-state index is 13.6. The van der Waals surface area contributed by atoms with Crippen molar-refractivity contribution < 1.29 is 79.9 Å². The van der Waals surface area contributed by atoms with Gasteiger partial charge in [-0.2, -0.15) is 21.6 Å². The minimum Gasteiger partial charge on any atom is -0.547 e. The number of carboxylic acid groups (broad SMARTS) is 1. The van der Waals surface area contributed by atoms with E-state index in [0.29, 0.717) is 0 Å². The number of halogens is 3. The van der Waals surface area contributed by atoms with Crippen LogP contribution in [0.25, 0.3) is 0 Å². The normalized spacial score (nSPS) is 49.4. The molecule has 1 spiro atoms. The standard InChI is InChI=1S/C21H25F3O14S/c1-5-13(29)35-11-8(25)18-10-6(38-39(33,34)21(22,23)24)7(16(2,3)4)17(18,9(26)12(27)28)14(30)37-20(18,15(31)36-10)19(5,11)32/h5-11,14,25-26,30,32H,1-4H3,(H,27,28)/p-1/t5-,6-,7+,8+,9+,10?,11+,14?,17?,18?,19-,20+/m1/s1. The summed E-state index contributed by atoms with van der Waals surface area (Å²) in [7, 11) is -6.53. The number of fused-ring (bicyclic) bond motifs is 1. The number of ether oxygens (including phenoxy) is 3. The zero-order chi connectivity index (χ0) is 29.7. The molecule has 0 aromatic heterocycles. The zero-order valence-electron chi connectivity index (χ0n) is 20.5. The van der Waals surface area contributed by atoms with Gasteiger partial charge in [-0.25, -0.2) is 4.79 Å². The lowest BCUT2D eigenvalue weighted by molar-refractivity contribution is -0.332. The summed E-state index contributed by atoms with van der Waals surface area (Å²) >= 11 is 0. The molecular weight excluding hydrogens is 565 g/mol. The van der Waals surface area contributed by atoms with Crippen molar-refractivity contribution in [2.75, 3.05) is 0 Å². The molecule has 12 atom stereocenters. The third-order valence-corrected chi connectivity index (χ3v) is 10.3. The SMILES string of the molecule is C[C@@H]1C(=O)O[C@H]2[C@H](O)C34C5OC(=O)[C@@]3(OC(O)C4([C@@H](O)C(=O)[O-])[C@H](C(C)(C)C)[C@H]5OS(=O)(=O)C(F)(F)F)[C@@]12O. The highest BCUT2D eigenvalue weighted by Crippen LogP contribution is 2.83. The number of carboxylic acids is 1. The molecule has 220 valence electrons. The minimum atomic E-state index is -6.53. The molecular formula is C21H24F3O14S-. The van der Waals surface area contributed by atoms with E-state index in [1.165, 1.54) is 20.8 Å². The van der Waals surface area contributed by atoms with E-state index in [2.05, 4.69) is 4.18 Å². The second kappa shape index (κ2) is 7.40. The van der Waals surface area contributed by atoms with Crippen LogP contribution >= 0.6 is 0 Å². The number of aliphatic hydroxyl groups excluding tert-OH is 3. The lowest BCUT2D eigenvalue weighted by Crippen LogP contribution is -2.68. The monoisotopic (exact) mass is 589 g/mol. The highest BCUT2D eigenvalue weighted by molar-refractivity contribution is 7.87. The maximum Gasteiger partial charge on any atom is 0.523 e. The molecule has 0 bridgehead atoms. The van der Waals surface area contributed by atoms with Crippen LogP contribution in [-0.4, -0.2) is 100 Å². The highest BCUT2D eigenvalue weighted by Gasteiger charge is 3.03. The average molecular weight is 589 g/mol. The molecule has 4 N–H and O–H groups in total. The molecule has 3 aliphatic heterocycles. The lowest BCUT2D eigenvalue weighted by atomic mass is 9.50. The lowest BCUT2D eigenvalue weighted by Gasteiger charge is -2.51. The van der Waals surface area contributed by atoms with Gasteiger partial charge in [-0.3, -0.25) is 8.98 Å². The van der Waals surface area contributed by atoms with E-state index < -0.39 is 110 Å². The number of hydrogen-bond donors (Lipinski definition) is 4. The third-order valence-electron chi connectivity index (χ3n) is 9.25. The molecule has 0 amide bonds. The summed E-state index contributed by atoms with van der Waals surface area (Å²) in [5.41, 5.74) is -19.7. The Balaban J connectivity index is 1.92. The van der Waals surface area contributed by atoms with Gasteiger partial charge in [0.05, 0.1) is 22.7 Å². The molecule has 0 aromatic carbocycles. The van der Waals surface area contributed by atoms with Crippen molar-refractivity contribution in [2.24, 2.45) is 28.1 Å². The number of carbonyl (C=O) groups excluding carboxylic acids is 3. The van der Waals surface area contributed by atoms with Gasteiger partial charge >= 0.3 is 27.6 Å². The fraction of sp³-hybridized carbons (Fsp3) is 0.857. The van der Waals surface area contributed by atoms with Crippen LogP contribution in [0.1, 0.15) is 27.7 Å². The molecule has 5 fully saturated rings. The largest absolute Gasteiger partial charge is 0.547 e. The molecule has 14 nitrogen and oxygen atoms in total. The van der Waals surface area contributed by atoms with Gasteiger partial charge in [-0.15, -0.1) is 0 Å². The molecule has 18 heteroatoms. The van der Waals surface area contributed by atoms with Gasteiger partial charge in [0.2, 0.25) is 5.60 Å². The second-order valence-corrected chi connectivity index (χ2v) is 13.2. The van der Waals surface area contributed by atoms with Crippen molar-refractivity contribution in [3.63, 3.8) is 0 Å². The van der Waals surface area contributed by atoms with Gasteiger partial charge in [0.15, 0.2) is 18.0 Å². The molecule has 3 saturated heterocycles. The molecule has 3 heterocycles. The Labute approximate surface area is 217 Å². The van der Waals surface area contributed by atoms with Crippen LogP contribution in [0.3, 0.4) is 0 Å². The quantitative estimate of drug-likeness (QED) is 0.143. The molecule has 0 aromatic rings. The van der Waals surface area contributed by atoms with E-state index in [1.807, 2.05) is 0 Å². The molecule has 2 saturated carbocycles. The maximum atomic E-state index is 13.6. The summed E-state index contributed by atoms with van der Waals surface area (Å²) in [6.45, 7) is 4.80. The first kappa shape index (κ1) is 28.4.